The van der Waals surface area contributed by atoms with Crippen LogP contribution in [0.5, 0.6) is 0 Å². The van der Waals surface area contributed by atoms with Crippen molar-refractivity contribution in [3.63, 3.8) is 0 Å². The Kier molecular flexibility index (Phi) is 3.55. The van der Waals surface area contributed by atoms with Gasteiger partial charge >= 0.3 is 0 Å². The molecule has 0 radical (unpaired) electrons. The molecule has 0 saturated heterocycles. The van der Waals surface area contributed by atoms with Gasteiger partial charge in [0.1, 0.15) is 0 Å². The summed E-state index contributed by atoms with van der Waals surface area (Å²) in [7, 11) is 0. The summed E-state index contributed by atoms with van der Waals surface area (Å²) in [4.78, 5) is 0. The highest BCUT2D eigenvalue weighted by atomic mass is 16.3. The van der Waals surface area contributed by atoms with Crippen LogP contribution in [-0.4, -0.2) is 10.7 Å². The van der Waals surface area contributed by atoms with Crippen LogP contribution in [0.15, 0.2) is 11.6 Å². The van der Waals surface area contributed by atoms with Crippen molar-refractivity contribution in [2.75, 3.05) is 0 Å². The average Bonchev–Trinajstić information content (AvgIpc) is 2.03. The van der Waals surface area contributed by atoms with Gasteiger partial charge in [-0.2, -0.15) is 0 Å². The number of hydrogen-bond acceptors (Lipinski definition) is 1. The van der Waals surface area contributed by atoms with E-state index in [1.807, 2.05) is 0 Å². The molecule has 0 aromatic rings. The zero-order valence-electron chi connectivity index (χ0n) is 9.14. The fraction of sp³-hybridized carbons (Fsp3) is 0.833. The Hall–Kier alpha value is -0.300. The second kappa shape index (κ2) is 4.28. The molecule has 76 valence electrons. The first kappa shape index (κ1) is 10.8. The summed E-state index contributed by atoms with van der Waals surface area (Å²) in [5, 5.41) is 10.4. The molecule has 2 atom stereocenters. The molecule has 0 aromatic carbocycles. The van der Waals surface area contributed by atoms with E-state index in [4.69, 9.17) is 0 Å². The van der Waals surface area contributed by atoms with Crippen molar-refractivity contribution in [1.82, 2.24) is 0 Å². The molecule has 1 heteroatoms. The standard InChI is InChI=1S/C12H22O/c1-4-11-7-5-6-8-12(11,13)9-10(2)3/h9,11,13H,4-8H2,1-3H3. The van der Waals surface area contributed by atoms with Crippen LogP contribution in [0.3, 0.4) is 0 Å². The first-order valence-electron chi connectivity index (χ1n) is 5.47. The average molecular weight is 182 g/mol. The lowest BCUT2D eigenvalue weighted by Crippen LogP contribution is -2.38. The Morgan fingerprint density at radius 1 is 1.46 bits per heavy atom. The van der Waals surface area contributed by atoms with Crippen molar-refractivity contribution in [1.29, 1.82) is 0 Å². The third-order valence-corrected chi connectivity index (χ3v) is 3.12. The van der Waals surface area contributed by atoms with Gasteiger partial charge in [-0.1, -0.05) is 37.8 Å². The molecule has 13 heavy (non-hydrogen) atoms. The van der Waals surface area contributed by atoms with Crippen LogP contribution in [0.2, 0.25) is 0 Å². The van der Waals surface area contributed by atoms with Crippen molar-refractivity contribution in [2.45, 2.75) is 58.5 Å². The maximum absolute atomic E-state index is 10.4. The van der Waals surface area contributed by atoms with Crippen LogP contribution in [0.4, 0.5) is 0 Å². The van der Waals surface area contributed by atoms with Gasteiger partial charge in [-0.15, -0.1) is 0 Å². The van der Waals surface area contributed by atoms with E-state index in [0.717, 1.165) is 12.8 Å². The van der Waals surface area contributed by atoms with E-state index in [1.54, 1.807) is 0 Å². The van der Waals surface area contributed by atoms with Crippen molar-refractivity contribution >= 4 is 0 Å². The largest absolute Gasteiger partial charge is 0.386 e. The van der Waals surface area contributed by atoms with Crippen LogP contribution in [0.1, 0.15) is 52.9 Å². The van der Waals surface area contributed by atoms with Gasteiger partial charge < -0.3 is 5.11 Å². The van der Waals surface area contributed by atoms with Gasteiger partial charge in [-0.25, -0.2) is 0 Å². The lowest BCUT2D eigenvalue weighted by molar-refractivity contribution is -0.00686. The molecule has 2 unspecified atom stereocenters. The minimum Gasteiger partial charge on any atom is -0.386 e. The zero-order chi connectivity index (χ0) is 9.90. The minimum atomic E-state index is -0.494. The molecule has 1 rings (SSSR count). The van der Waals surface area contributed by atoms with Crippen LogP contribution < -0.4 is 0 Å². The van der Waals surface area contributed by atoms with Crippen LogP contribution in [0, 0.1) is 5.92 Å². The molecule has 1 aliphatic rings. The molecule has 0 spiro atoms. The summed E-state index contributed by atoms with van der Waals surface area (Å²) in [5.74, 6) is 0.483. The summed E-state index contributed by atoms with van der Waals surface area (Å²) in [6, 6.07) is 0. The van der Waals surface area contributed by atoms with Gasteiger partial charge in [0.15, 0.2) is 0 Å². The van der Waals surface area contributed by atoms with E-state index in [1.165, 1.54) is 24.8 Å². The molecule has 0 amide bonds. The van der Waals surface area contributed by atoms with E-state index in [0.29, 0.717) is 5.92 Å². The molecule has 0 bridgehead atoms. The van der Waals surface area contributed by atoms with Crippen LogP contribution in [0.25, 0.3) is 0 Å². The number of aliphatic hydroxyl groups is 1. The van der Waals surface area contributed by atoms with Gasteiger partial charge in [0.25, 0.3) is 0 Å². The Balaban J connectivity index is 2.76. The molecule has 1 N–H and O–H groups in total. The number of allylic oxidation sites excluding steroid dienone is 1. The summed E-state index contributed by atoms with van der Waals surface area (Å²) < 4.78 is 0. The fourth-order valence-corrected chi connectivity index (χ4v) is 2.50. The summed E-state index contributed by atoms with van der Waals surface area (Å²) >= 11 is 0. The van der Waals surface area contributed by atoms with Crippen molar-refractivity contribution in [2.24, 2.45) is 5.92 Å². The lowest BCUT2D eigenvalue weighted by Gasteiger charge is -2.37. The first-order chi connectivity index (χ1) is 6.08. The van der Waals surface area contributed by atoms with Crippen LogP contribution >= 0.6 is 0 Å². The Labute approximate surface area is 81.9 Å². The molecule has 1 fully saturated rings. The topological polar surface area (TPSA) is 20.2 Å². The molecule has 1 nitrogen and oxygen atoms in total. The smallest absolute Gasteiger partial charge is 0.0858 e. The number of hydrogen-bond donors (Lipinski definition) is 1. The van der Waals surface area contributed by atoms with Crippen LogP contribution in [-0.2, 0) is 0 Å². The predicted octanol–water partition coefficient (Wildman–Crippen LogP) is 3.28. The maximum Gasteiger partial charge on any atom is 0.0858 e. The highest BCUT2D eigenvalue weighted by molar-refractivity contribution is 5.10. The normalized spacial score (nSPS) is 34.3. The number of rotatable bonds is 2. The lowest BCUT2D eigenvalue weighted by atomic mass is 9.73. The Morgan fingerprint density at radius 2 is 2.15 bits per heavy atom. The quantitative estimate of drug-likeness (QED) is 0.650. The van der Waals surface area contributed by atoms with Gasteiger partial charge in [0.05, 0.1) is 5.60 Å². The molecule has 1 aliphatic carbocycles. The van der Waals surface area contributed by atoms with Crippen molar-refractivity contribution < 1.29 is 5.11 Å². The fourth-order valence-electron chi connectivity index (χ4n) is 2.50. The van der Waals surface area contributed by atoms with E-state index < -0.39 is 5.60 Å². The van der Waals surface area contributed by atoms with Gasteiger partial charge in [0.2, 0.25) is 0 Å². The molecule has 0 aromatic heterocycles. The van der Waals surface area contributed by atoms with Gasteiger partial charge in [-0.05, 0) is 32.6 Å². The van der Waals surface area contributed by atoms with E-state index in [2.05, 4.69) is 26.8 Å². The zero-order valence-corrected chi connectivity index (χ0v) is 9.14. The first-order valence-corrected chi connectivity index (χ1v) is 5.47. The molecule has 1 saturated carbocycles. The summed E-state index contributed by atoms with van der Waals surface area (Å²) in [6.07, 6.45) is 7.78. The van der Waals surface area contributed by atoms with Gasteiger partial charge in [0, 0.05) is 0 Å². The summed E-state index contributed by atoms with van der Waals surface area (Å²) in [5.41, 5.74) is 0.745. The third kappa shape index (κ3) is 2.57. The van der Waals surface area contributed by atoms with Gasteiger partial charge in [-0.3, -0.25) is 0 Å². The molecule has 0 heterocycles. The van der Waals surface area contributed by atoms with Crippen molar-refractivity contribution in [3.05, 3.63) is 11.6 Å². The van der Waals surface area contributed by atoms with E-state index >= 15 is 0 Å². The summed E-state index contributed by atoms with van der Waals surface area (Å²) in [6.45, 7) is 6.32. The second-order valence-electron chi connectivity index (χ2n) is 4.56. The highest BCUT2D eigenvalue weighted by Crippen LogP contribution is 2.37. The monoisotopic (exact) mass is 182 g/mol. The Bertz CT molecular complexity index is 191. The van der Waals surface area contributed by atoms with E-state index in [-0.39, 0.29) is 0 Å². The molecule has 0 aliphatic heterocycles. The minimum absolute atomic E-state index is 0.483. The molecular weight excluding hydrogens is 160 g/mol. The molecular formula is C12H22O. The highest BCUT2D eigenvalue weighted by Gasteiger charge is 2.35. The predicted molar refractivity (Wildman–Crippen MR) is 56.6 cm³/mol. The SMILES string of the molecule is CCC1CCCCC1(O)C=C(C)C. The Morgan fingerprint density at radius 3 is 2.69 bits per heavy atom. The third-order valence-electron chi connectivity index (χ3n) is 3.12. The van der Waals surface area contributed by atoms with E-state index in [9.17, 15) is 5.11 Å². The maximum atomic E-state index is 10.4. The second-order valence-corrected chi connectivity index (χ2v) is 4.56. The van der Waals surface area contributed by atoms with Crippen molar-refractivity contribution in [3.8, 4) is 0 Å².